The molecule has 1 aliphatic rings. The number of nitrogens with one attached hydrogen (secondary N) is 2. The van der Waals surface area contributed by atoms with E-state index in [0.717, 1.165) is 12.8 Å². The van der Waals surface area contributed by atoms with Crippen LogP contribution in [0.4, 0.5) is 0 Å². The summed E-state index contributed by atoms with van der Waals surface area (Å²) in [4.78, 5) is 11.8. The average molecular weight is 221 g/mol. The van der Waals surface area contributed by atoms with E-state index in [2.05, 4.69) is 29.4 Å². The molecule has 0 radical (unpaired) electrons. The van der Waals surface area contributed by atoms with Crippen molar-refractivity contribution in [1.82, 2.24) is 15.5 Å². The third kappa shape index (κ3) is 2.62. The minimum atomic E-state index is -0.0138. The smallest absolute Gasteiger partial charge is 0.254 e. The highest BCUT2D eigenvalue weighted by Crippen LogP contribution is 2.28. The Morgan fingerprint density at radius 1 is 1.38 bits per heavy atom. The van der Waals surface area contributed by atoms with Crippen molar-refractivity contribution in [1.29, 1.82) is 0 Å². The Morgan fingerprint density at radius 3 is 2.62 bits per heavy atom. The van der Waals surface area contributed by atoms with Gasteiger partial charge in [-0.2, -0.15) is 5.10 Å². The maximum Gasteiger partial charge on any atom is 0.254 e. The fourth-order valence-electron chi connectivity index (χ4n) is 2.71. The number of nitrogens with zero attached hydrogens (tertiary/aromatic N) is 1. The fourth-order valence-corrected chi connectivity index (χ4v) is 2.71. The molecule has 0 aromatic carbocycles. The van der Waals surface area contributed by atoms with E-state index in [-0.39, 0.29) is 5.91 Å². The van der Waals surface area contributed by atoms with Crippen molar-refractivity contribution < 1.29 is 4.79 Å². The van der Waals surface area contributed by atoms with Crippen LogP contribution in [0.2, 0.25) is 0 Å². The van der Waals surface area contributed by atoms with Crippen molar-refractivity contribution in [3.05, 3.63) is 18.0 Å². The Bertz CT molecular complexity index is 337. The van der Waals surface area contributed by atoms with Crippen LogP contribution in [0.15, 0.2) is 12.4 Å². The van der Waals surface area contributed by atoms with Crippen LogP contribution in [-0.4, -0.2) is 22.1 Å². The van der Waals surface area contributed by atoms with Crippen LogP contribution in [0.1, 0.15) is 43.5 Å². The lowest BCUT2D eigenvalue weighted by Gasteiger charge is -2.31. The highest BCUT2D eigenvalue weighted by Gasteiger charge is 2.25. The molecule has 2 atom stereocenters. The highest BCUT2D eigenvalue weighted by molar-refractivity contribution is 5.93. The monoisotopic (exact) mass is 221 g/mol. The molecule has 2 unspecified atom stereocenters. The second-order valence-corrected chi connectivity index (χ2v) is 5.07. The van der Waals surface area contributed by atoms with E-state index in [4.69, 9.17) is 0 Å². The number of aromatic amines is 1. The number of carbonyl (C=O) groups is 1. The van der Waals surface area contributed by atoms with Gasteiger partial charge in [-0.15, -0.1) is 0 Å². The van der Waals surface area contributed by atoms with Gasteiger partial charge in [0, 0.05) is 12.2 Å². The van der Waals surface area contributed by atoms with E-state index in [0.29, 0.717) is 23.4 Å². The SMILES string of the molecule is CC1CC(C)CC(NC(=O)c2cn[nH]c2)C1. The molecular weight excluding hydrogens is 202 g/mol. The molecule has 4 heteroatoms. The molecule has 0 spiro atoms. The van der Waals surface area contributed by atoms with Crippen LogP contribution in [0.5, 0.6) is 0 Å². The number of amides is 1. The molecule has 1 heterocycles. The first-order chi connectivity index (χ1) is 7.65. The van der Waals surface area contributed by atoms with E-state index in [1.807, 2.05) is 0 Å². The van der Waals surface area contributed by atoms with Gasteiger partial charge in [-0.25, -0.2) is 0 Å². The molecule has 88 valence electrons. The van der Waals surface area contributed by atoms with Gasteiger partial charge in [0.1, 0.15) is 0 Å². The molecule has 16 heavy (non-hydrogen) atoms. The molecule has 0 aliphatic heterocycles. The van der Waals surface area contributed by atoms with Gasteiger partial charge in [-0.1, -0.05) is 13.8 Å². The largest absolute Gasteiger partial charge is 0.349 e. The lowest BCUT2D eigenvalue weighted by Crippen LogP contribution is -2.39. The molecule has 1 amide bonds. The Morgan fingerprint density at radius 2 is 2.06 bits per heavy atom. The first-order valence-corrected chi connectivity index (χ1v) is 5.94. The van der Waals surface area contributed by atoms with Gasteiger partial charge in [0.2, 0.25) is 0 Å². The van der Waals surface area contributed by atoms with Gasteiger partial charge in [0.15, 0.2) is 0 Å². The van der Waals surface area contributed by atoms with E-state index in [9.17, 15) is 4.79 Å². The summed E-state index contributed by atoms with van der Waals surface area (Å²) in [7, 11) is 0. The summed E-state index contributed by atoms with van der Waals surface area (Å²) in [5, 5.41) is 9.52. The number of aromatic nitrogens is 2. The van der Waals surface area contributed by atoms with Crippen molar-refractivity contribution in [3.63, 3.8) is 0 Å². The third-order valence-electron chi connectivity index (χ3n) is 3.27. The summed E-state index contributed by atoms with van der Waals surface area (Å²) in [6, 6.07) is 0.321. The topological polar surface area (TPSA) is 57.8 Å². The number of H-pyrrole nitrogens is 1. The van der Waals surface area contributed by atoms with Gasteiger partial charge < -0.3 is 5.32 Å². The number of hydrogen-bond acceptors (Lipinski definition) is 2. The molecule has 1 fully saturated rings. The lowest BCUT2D eigenvalue weighted by atomic mass is 9.80. The fraction of sp³-hybridized carbons (Fsp3) is 0.667. The van der Waals surface area contributed by atoms with Crippen LogP contribution in [0, 0.1) is 11.8 Å². The van der Waals surface area contributed by atoms with Gasteiger partial charge in [0.25, 0.3) is 5.91 Å². The molecule has 4 nitrogen and oxygen atoms in total. The average Bonchev–Trinajstić information content (AvgIpc) is 2.68. The molecule has 1 aliphatic carbocycles. The highest BCUT2D eigenvalue weighted by atomic mass is 16.1. The van der Waals surface area contributed by atoms with Crippen molar-refractivity contribution in [2.24, 2.45) is 11.8 Å². The van der Waals surface area contributed by atoms with Crippen molar-refractivity contribution >= 4 is 5.91 Å². The minimum Gasteiger partial charge on any atom is -0.349 e. The Labute approximate surface area is 95.8 Å². The van der Waals surface area contributed by atoms with Crippen LogP contribution in [0.25, 0.3) is 0 Å². The van der Waals surface area contributed by atoms with E-state index in [1.165, 1.54) is 6.42 Å². The first kappa shape index (κ1) is 11.2. The summed E-state index contributed by atoms with van der Waals surface area (Å²) < 4.78 is 0. The summed E-state index contributed by atoms with van der Waals surface area (Å²) in [6.07, 6.45) is 6.65. The van der Waals surface area contributed by atoms with Crippen molar-refractivity contribution in [2.45, 2.75) is 39.2 Å². The summed E-state index contributed by atoms with van der Waals surface area (Å²) >= 11 is 0. The quantitative estimate of drug-likeness (QED) is 0.802. The molecule has 1 aromatic rings. The molecule has 2 rings (SSSR count). The van der Waals surface area contributed by atoms with Crippen LogP contribution >= 0.6 is 0 Å². The third-order valence-corrected chi connectivity index (χ3v) is 3.27. The zero-order chi connectivity index (χ0) is 11.5. The van der Waals surface area contributed by atoms with E-state index >= 15 is 0 Å². The molecular formula is C12H19N3O. The van der Waals surface area contributed by atoms with Crippen LogP contribution in [0.3, 0.4) is 0 Å². The Kier molecular flexibility index (Phi) is 3.27. The van der Waals surface area contributed by atoms with Crippen molar-refractivity contribution in [3.8, 4) is 0 Å². The number of hydrogen-bond donors (Lipinski definition) is 2. The molecule has 0 bridgehead atoms. The zero-order valence-corrected chi connectivity index (χ0v) is 9.86. The second-order valence-electron chi connectivity index (χ2n) is 5.07. The predicted octanol–water partition coefficient (Wildman–Crippen LogP) is 1.96. The molecule has 2 N–H and O–H groups in total. The number of carbonyl (C=O) groups excluding carboxylic acids is 1. The maximum absolute atomic E-state index is 11.8. The van der Waals surface area contributed by atoms with E-state index < -0.39 is 0 Å². The molecule has 1 saturated carbocycles. The Balaban J connectivity index is 1.92. The van der Waals surface area contributed by atoms with Crippen LogP contribution in [-0.2, 0) is 0 Å². The van der Waals surface area contributed by atoms with Crippen molar-refractivity contribution in [2.75, 3.05) is 0 Å². The lowest BCUT2D eigenvalue weighted by molar-refractivity contribution is 0.0911. The maximum atomic E-state index is 11.8. The minimum absolute atomic E-state index is 0.0138. The summed E-state index contributed by atoms with van der Waals surface area (Å²) in [5.41, 5.74) is 0.617. The molecule has 1 aromatic heterocycles. The molecule has 0 saturated heterocycles. The van der Waals surface area contributed by atoms with Gasteiger partial charge in [-0.3, -0.25) is 9.89 Å². The second kappa shape index (κ2) is 4.68. The van der Waals surface area contributed by atoms with Gasteiger partial charge in [-0.05, 0) is 31.1 Å². The van der Waals surface area contributed by atoms with Gasteiger partial charge >= 0.3 is 0 Å². The predicted molar refractivity (Wildman–Crippen MR) is 62.0 cm³/mol. The van der Waals surface area contributed by atoms with E-state index in [1.54, 1.807) is 12.4 Å². The standard InChI is InChI=1S/C12H19N3O/c1-8-3-9(2)5-11(4-8)15-12(16)10-6-13-14-7-10/h6-9,11H,3-5H2,1-2H3,(H,13,14)(H,15,16). The van der Waals surface area contributed by atoms with Crippen LogP contribution < -0.4 is 5.32 Å². The summed E-state index contributed by atoms with van der Waals surface area (Å²) in [6.45, 7) is 4.51. The van der Waals surface area contributed by atoms with Gasteiger partial charge in [0.05, 0.1) is 11.8 Å². The number of rotatable bonds is 2. The normalized spacial score (nSPS) is 30.0. The zero-order valence-electron chi connectivity index (χ0n) is 9.86. The first-order valence-electron chi connectivity index (χ1n) is 5.94. The Hall–Kier alpha value is -1.32. The summed E-state index contributed by atoms with van der Waals surface area (Å²) in [5.74, 6) is 1.40.